The second kappa shape index (κ2) is 8.48. The minimum atomic E-state index is -0.136. The van der Waals surface area contributed by atoms with Crippen LogP contribution in [0.1, 0.15) is 40.5 Å². The van der Waals surface area contributed by atoms with E-state index in [0.717, 1.165) is 19.4 Å². The van der Waals surface area contributed by atoms with Gasteiger partial charge in [0.25, 0.3) is 0 Å². The molecule has 0 saturated carbocycles. The molecular formula is C13H28N2O2. The van der Waals surface area contributed by atoms with Crippen molar-refractivity contribution >= 4 is 5.91 Å². The van der Waals surface area contributed by atoms with Gasteiger partial charge in [0.15, 0.2) is 0 Å². The minimum Gasteiger partial charge on any atom is -0.385 e. The Morgan fingerprint density at radius 2 is 2.06 bits per heavy atom. The average Bonchev–Trinajstić information content (AvgIpc) is 2.31. The highest BCUT2D eigenvalue weighted by molar-refractivity contribution is 5.81. The van der Waals surface area contributed by atoms with Gasteiger partial charge in [0.1, 0.15) is 0 Å². The molecule has 0 aliphatic heterocycles. The molecule has 0 aliphatic carbocycles. The van der Waals surface area contributed by atoms with E-state index in [2.05, 4.69) is 31.4 Å². The van der Waals surface area contributed by atoms with Gasteiger partial charge in [-0.15, -0.1) is 0 Å². The van der Waals surface area contributed by atoms with Crippen LogP contribution in [0.3, 0.4) is 0 Å². The number of nitrogens with one attached hydrogen (secondary N) is 2. The lowest BCUT2D eigenvalue weighted by atomic mass is 9.90. The van der Waals surface area contributed by atoms with Gasteiger partial charge in [-0.2, -0.15) is 0 Å². The van der Waals surface area contributed by atoms with Gasteiger partial charge >= 0.3 is 0 Å². The van der Waals surface area contributed by atoms with Crippen LogP contribution in [0.25, 0.3) is 0 Å². The van der Waals surface area contributed by atoms with Gasteiger partial charge in [-0.3, -0.25) is 4.79 Å². The number of ether oxygens (including phenoxy) is 1. The van der Waals surface area contributed by atoms with Crippen molar-refractivity contribution in [2.45, 2.75) is 46.6 Å². The maximum atomic E-state index is 11.7. The molecule has 0 heterocycles. The van der Waals surface area contributed by atoms with Crippen molar-refractivity contribution in [3.63, 3.8) is 0 Å². The van der Waals surface area contributed by atoms with E-state index in [-0.39, 0.29) is 17.4 Å². The van der Waals surface area contributed by atoms with Gasteiger partial charge in [-0.1, -0.05) is 20.8 Å². The van der Waals surface area contributed by atoms with Crippen molar-refractivity contribution in [1.29, 1.82) is 0 Å². The molecule has 2 N–H and O–H groups in total. The molecule has 4 nitrogen and oxygen atoms in total. The van der Waals surface area contributed by atoms with E-state index in [0.29, 0.717) is 13.2 Å². The van der Waals surface area contributed by atoms with Crippen molar-refractivity contribution in [3.8, 4) is 0 Å². The Hall–Kier alpha value is -0.610. The summed E-state index contributed by atoms with van der Waals surface area (Å²) >= 11 is 0. The summed E-state index contributed by atoms with van der Waals surface area (Å²) in [7, 11) is 1.67. The molecule has 1 atom stereocenters. The third-order valence-corrected chi connectivity index (χ3v) is 3.06. The first kappa shape index (κ1) is 16.4. The van der Waals surface area contributed by atoms with E-state index in [1.807, 2.05) is 6.92 Å². The first-order valence-electron chi connectivity index (χ1n) is 6.43. The molecule has 0 rings (SSSR count). The summed E-state index contributed by atoms with van der Waals surface area (Å²) < 4.78 is 4.92. The number of amides is 1. The maximum Gasteiger partial charge on any atom is 0.236 e. The van der Waals surface area contributed by atoms with E-state index >= 15 is 0 Å². The summed E-state index contributed by atoms with van der Waals surface area (Å²) in [5.74, 6) is 0.0630. The van der Waals surface area contributed by atoms with Crippen molar-refractivity contribution in [3.05, 3.63) is 0 Å². The molecule has 0 spiro atoms. The Bertz CT molecular complexity index is 217. The second-order valence-corrected chi connectivity index (χ2v) is 5.26. The van der Waals surface area contributed by atoms with Crippen molar-refractivity contribution in [1.82, 2.24) is 10.6 Å². The Labute approximate surface area is 105 Å². The summed E-state index contributed by atoms with van der Waals surface area (Å²) in [6.07, 6.45) is 1.96. The molecule has 0 saturated heterocycles. The predicted octanol–water partition coefficient (Wildman–Crippen LogP) is 1.55. The summed E-state index contributed by atoms with van der Waals surface area (Å²) in [6.45, 7) is 10.7. The molecule has 4 heteroatoms. The van der Waals surface area contributed by atoms with Crippen molar-refractivity contribution in [2.24, 2.45) is 5.41 Å². The Kier molecular flexibility index (Phi) is 8.17. The first-order valence-corrected chi connectivity index (χ1v) is 6.43. The topological polar surface area (TPSA) is 50.4 Å². The van der Waals surface area contributed by atoms with Crippen LogP contribution in [0.2, 0.25) is 0 Å². The number of methoxy groups -OCH3 is 1. The summed E-state index contributed by atoms with van der Waals surface area (Å²) in [6, 6.07) is -0.136. The molecule has 0 bridgehead atoms. The predicted molar refractivity (Wildman–Crippen MR) is 71.0 cm³/mol. The van der Waals surface area contributed by atoms with Crippen LogP contribution in [0, 0.1) is 5.41 Å². The van der Waals surface area contributed by atoms with Crippen LogP contribution >= 0.6 is 0 Å². The standard InChI is InChI=1S/C13H28N2O2/c1-6-13(3,4)10-15-11(2)12(16)14-8-7-9-17-5/h11,15H,6-10H2,1-5H3,(H,14,16). The summed E-state index contributed by atoms with van der Waals surface area (Å²) in [4.78, 5) is 11.7. The van der Waals surface area contributed by atoms with Crippen molar-refractivity contribution in [2.75, 3.05) is 26.8 Å². The minimum absolute atomic E-state index is 0.0630. The zero-order valence-electron chi connectivity index (χ0n) is 11.9. The molecule has 0 radical (unpaired) electrons. The summed E-state index contributed by atoms with van der Waals surface area (Å²) in [5.41, 5.74) is 0.241. The van der Waals surface area contributed by atoms with Crippen LogP contribution in [0.4, 0.5) is 0 Å². The Morgan fingerprint density at radius 3 is 2.59 bits per heavy atom. The fourth-order valence-electron chi connectivity index (χ4n) is 1.23. The Balaban J connectivity index is 3.74. The summed E-state index contributed by atoms with van der Waals surface area (Å²) in [5, 5.41) is 6.16. The van der Waals surface area contributed by atoms with Gasteiger partial charge in [-0.05, 0) is 25.2 Å². The molecule has 0 fully saturated rings. The molecule has 0 aromatic carbocycles. The lowest BCUT2D eigenvalue weighted by molar-refractivity contribution is -0.122. The number of hydrogen-bond acceptors (Lipinski definition) is 3. The third-order valence-electron chi connectivity index (χ3n) is 3.06. The molecule has 1 amide bonds. The highest BCUT2D eigenvalue weighted by Gasteiger charge is 2.18. The molecule has 102 valence electrons. The normalized spacial score (nSPS) is 13.5. The SMILES string of the molecule is CCC(C)(C)CNC(C)C(=O)NCCCOC. The van der Waals surface area contributed by atoms with Crippen LogP contribution < -0.4 is 10.6 Å². The third kappa shape index (κ3) is 8.16. The largest absolute Gasteiger partial charge is 0.385 e. The molecule has 0 aromatic rings. The van der Waals surface area contributed by atoms with Gasteiger partial charge < -0.3 is 15.4 Å². The zero-order chi connectivity index (χ0) is 13.3. The van der Waals surface area contributed by atoms with Gasteiger partial charge in [-0.25, -0.2) is 0 Å². The van der Waals surface area contributed by atoms with Crippen LogP contribution in [0.15, 0.2) is 0 Å². The average molecular weight is 244 g/mol. The van der Waals surface area contributed by atoms with Crippen LogP contribution in [-0.4, -0.2) is 38.8 Å². The van der Waals surface area contributed by atoms with Crippen LogP contribution in [0.5, 0.6) is 0 Å². The lowest BCUT2D eigenvalue weighted by Crippen LogP contribution is -2.45. The molecule has 0 aliphatic rings. The zero-order valence-corrected chi connectivity index (χ0v) is 11.9. The lowest BCUT2D eigenvalue weighted by Gasteiger charge is -2.25. The molecule has 0 aromatic heterocycles. The van der Waals surface area contributed by atoms with E-state index in [4.69, 9.17) is 4.74 Å². The quantitative estimate of drug-likeness (QED) is 0.605. The van der Waals surface area contributed by atoms with Gasteiger partial charge in [0.05, 0.1) is 6.04 Å². The monoisotopic (exact) mass is 244 g/mol. The highest BCUT2D eigenvalue weighted by atomic mass is 16.5. The molecule has 17 heavy (non-hydrogen) atoms. The van der Waals surface area contributed by atoms with E-state index in [9.17, 15) is 4.79 Å². The van der Waals surface area contributed by atoms with Gasteiger partial charge in [0, 0.05) is 26.8 Å². The highest BCUT2D eigenvalue weighted by Crippen LogP contribution is 2.17. The fourth-order valence-corrected chi connectivity index (χ4v) is 1.23. The van der Waals surface area contributed by atoms with E-state index in [1.54, 1.807) is 7.11 Å². The van der Waals surface area contributed by atoms with Gasteiger partial charge in [0.2, 0.25) is 5.91 Å². The van der Waals surface area contributed by atoms with Crippen molar-refractivity contribution < 1.29 is 9.53 Å². The maximum absolute atomic E-state index is 11.7. The van der Waals surface area contributed by atoms with E-state index in [1.165, 1.54) is 0 Å². The van der Waals surface area contributed by atoms with Crippen LogP contribution in [-0.2, 0) is 9.53 Å². The second-order valence-electron chi connectivity index (χ2n) is 5.26. The number of carbonyl (C=O) groups excluding carboxylic acids is 1. The van der Waals surface area contributed by atoms with E-state index < -0.39 is 0 Å². The number of rotatable bonds is 9. The molecule has 1 unspecified atom stereocenters. The smallest absolute Gasteiger partial charge is 0.236 e. The first-order chi connectivity index (χ1) is 7.93. The number of hydrogen-bond donors (Lipinski definition) is 2. The Morgan fingerprint density at radius 1 is 1.41 bits per heavy atom. The fraction of sp³-hybridized carbons (Fsp3) is 0.923. The molecular weight excluding hydrogens is 216 g/mol. The number of carbonyl (C=O) groups is 1.